The van der Waals surface area contributed by atoms with E-state index in [0.717, 1.165) is 22.6 Å². The molecule has 1 amide bonds. The molecule has 0 radical (unpaired) electrons. The van der Waals surface area contributed by atoms with Crippen LogP contribution in [0.3, 0.4) is 0 Å². The zero-order valence-corrected chi connectivity index (χ0v) is 16.3. The Balaban J connectivity index is 2.00. The van der Waals surface area contributed by atoms with E-state index in [1.165, 1.54) is 11.8 Å². The van der Waals surface area contributed by atoms with Crippen molar-refractivity contribution in [1.29, 1.82) is 0 Å². The van der Waals surface area contributed by atoms with Gasteiger partial charge < -0.3 is 4.57 Å². The lowest BCUT2D eigenvalue weighted by molar-refractivity contribution is -0.121. The number of aryl methyl sites for hydroxylation is 1. The molecule has 0 bridgehead atoms. The minimum atomic E-state index is -0.0672. The lowest BCUT2D eigenvalue weighted by Crippen LogP contribution is -2.27. The van der Waals surface area contributed by atoms with E-state index in [-0.39, 0.29) is 5.91 Å². The molecule has 0 spiro atoms. The summed E-state index contributed by atoms with van der Waals surface area (Å²) in [6, 6.07) is 9.78. The van der Waals surface area contributed by atoms with Gasteiger partial charge in [-0.25, -0.2) is 0 Å². The maximum Gasteiger partial charge on any atom is 0.266 e. The van der Waals surface area contributed by atoms with Crippen molar-refractivity contribution >= 4 is 51.9 Å². The molecular weight excluding hydrogens is 372 g/mol. The predicted molar refractivity (Wildman–Crippen MR) is 110 cm³/mol. The van der Waals surface area contributed by atoms with Crippen molar-refractivity contribution in [3.63, 3.8) is 0 Å². The standard InChI is InChI=1S/C19H17ClN2OS2/c1-4-8-21-18(23)17(25-19(21)24)10-14-9-12(2)22(13(14)3)16-7-5-6-15(20)11-16/h4-7,9-11H,1,8H2,2-3H3/b17-10-. The number of thiocarbonyl (C=S) groups is 1. The molecule has 0 aliphatic carbocycles. The zero-order chi connectivity index (χ0) is 18.1. The number of carbonyl (C=O) groups excluding carboxylic acids is 1. The highest BCUT2D eigenvalue weighted by Gasteiger charge is 2.31. The van der Waals surface area contributed by atoms with Gasteiger partial charge in [-0.15, -0.1) is 6.58 Å². The van der Waals surface area contributed by atoms with Gasteiger partial charge in [-0.05, 0) is 49.8 Å². The highest BCUT2D eigenvalue weighted by molar-refractivity contribution is 8.26. The highest BCUT2D eigenvalue weighted by Crippen LogP contribution is 2.34. The number of rotatable bonds is 4. The van der Waals surface area contributed by atoms with Crippen molar-refractivity contribution in [3.05, 3.63) is 69.9 Å². The second-order valence-electron chi connectivity index (χ2n) is 5.72. The van der Waals surface area contributed by atoms with E-state index in [2.05, 4.69) is 17.2 Å². The van der Waals surface area contributed by atoms with E-state index in [0.29, 0.717) is 20.8 Å². The van der Waals surface area contributed by atoms with Gasteiger partial charge in [0.2, 0.25) is 0 Å². The molecule has 1 aromatic heterocycles. The van der Waals surface area contributed by atoms with E-state index >= 15 is 0 Å². The Morgan fingerprint density at radius 3 is 2.76 bits per heavy atom. The Bertz CT molecular complexity index is 914. The molecule has 6 heteroatoms. The van der Waals surface area contributed by atoms with Crippen LogP contribution < -0.4 is 0 Å². The molecular formula is C19H17ClN2OS2. The first kappa shape index (κ1) is 18.0. The number of nitrogens with zero attached hydrogens (tertiary/aromatic N) is 2. The van der Waals surface area contributed by atoms with Crippen LogP contribution in [-0.4, -0.2) is 26.2 Å². The third-order valence-electron chi connectivity index (χ3n) is 4.01. The smallest absolute Gasteiger partial charge is 0.266 e. The molecule has 1 aliphatic rings. The number of thioether (sulfide) groups is 1. The number of hydrogen-bond acceptors (Lipinski definition) is 3. The number of hydrogen-bond donors (Lipinski definition) is 0. The molecule has 0 atom stereocenters. The summed E-state index contributed by atoms with van der Waals surface area (Å²) in [5.41, 5.74) is 4.12. The van der Waals surface area contributed by atoms with Crippen molar-refractivity contribution in [2.75, 3.05) is 6.54 Å². The van der Waals surface area contributed by atoms with Crippen LogP contribution in [0.15, 0.2) is 47.9 Å². The Hall–Kier alpha value is -1.82. The van der Waals surface area contributed by atoms with Gasteiger partial charge in [0.1, 0.15) is 4.32 Å². The average molecular weight is 389 g/mol. The number of aromatic nitrogens is 1. The molecule has 25 heavy (non-hydrogen) atoms. The maximum atomic E-state index is 12.5. The van der Waals surface area contributed by atoms with Gasteiger partial charge in [0, 0.05) is 28.6 Å². The molecule has 1 fully saturated rings. The minimum Gasteiger partial charge on any atom is -0.318 e. The van der Waals surface area contributed by atoms with Crippen molar-refractivity contribution < 1.29 is 4.79 Å². The van der Waals surface area contributed by atoms with Crippen LogP contribution in [0.5, 0.6) is 0 Å². The van der Waals surface area contributed by atoms with Gasteiger partial charge in [0.25, 0.3) is 5.91 Å². The summed E-state index contributed by atoms with van der Waals surface area (Å²) in [4.78, 5) is 14.7. The van der Waals surface area contributed by atoms with Crippen molar-refractivity contribution in [2.45, 2.75) is 13.8 Å². The molecule has 0 unspecified atom stereocenters. The Labute approximate surface area is 162 Å². The van der Waals surface area contributed by atoms with Crippen LogP contribution in [0, 0.1) is 13.8 Å². The van der Waals surface area contributed by atoms with Crippen molar-refractivity contribution in [3.8, 4) is 5.69 Å². The van der Waals surface area contributed by atoms with Crippen molar-refractivity contribution in [1.82, 2.24) is 9.47 Å². The molecule has 1 aliphatic heterocycles. The third kappa shape index (κ3) is 3.45. The summed E-state index contributed by atoms with van der Waals surface area (Å²) in [5.74, 6) is -0.0672. The van der Waals surface area contributed by atoms with Gasteiger partial charge in [0.05, 0.1) is 4.91 Å². The summed E-state index contributed by atoms with van der Waals surface area (Å²) in [5, 5.41) is 0.692. The normalized spacial score (nSPS) is 16.1. The molecule has 2 heterocycles. The second kappa shape index (κ2) is 7.20. The summed E-state index contributed by atoms with van der Waals surface area (Å²) < 4.78 is 2.70. The van der Waals surface area contributed by atoms with E-state index < -0.39 is 0 Å². The SMILES string of the molecule is C=CCN1C(=O)/C(=C/c2cc(C)n(-c3cccc(Cl)c3)c2C)SC1=S. The first-order valence-corrected chi connectivity index (χ1v) is 9.34. The molecule has 1 aromatic carbocycles. The number of benzene rings is 1. The molecule has 2 aromatic rings. The van der Waals surface area contributed by atoms with Crippen LogP contribution in [0.25, 0.3) is 11.8 Å². The topological polar surface area (TPSA) is 25.2 Å². The van der Waals surface area contributed by atoms with Gasteiger partial charge in [-0.1, -0.05) is 47.7 Å². The molecule has 3 nitrogen and oxygen atoms in total. The van der Waals surface area contributed by atoms with Gasteiger partial charge >= 0.3 is 0 Å². The van der Waals surface area contributed by atoms with E-state index in [1.807, 2.05) is 44.2 Å². The Kier molecular flexibility index (Phi) is 5.18. The summed E-state index contributed by atoms with van der Waals surface area (Å²) in [7, 11) is 0. The Morgan fingerprint density at radius 2 is 2.08 bits per heavy atom. The second-order valence-corrected chi connectivity index (χ2v) is 7.83. The van der Waals surface area contributed by atoms with Crippen LogP contribution in [0.4, 0.5) is 0 Å². The van der Waals surface area contributed by atoms with Gasteiger partial charge in [0.15, 0.2) is 0 Å². The summed E-state index contributed by atoms with van der Waals surface area (Å²) in [6.07, 6.45) is 3.59. The lowest BCUT2D eigenvalue weighted by Gasteiger charge is -2.10. The van der Waals surface area contributed by atoms with Crippen LogP contribution in [0.1, 0.15) is 17.0 Å². The number of halogens is 1. The molecule has 1 saturated heterocycles. The lowest BCUT2D eigenvalue weighted by atomic mass is 10.2. The fraction of sp³-hybridized carbons (Fsp3) is 0.158. The molecule has 3 rings (SSSR count). The average Bonchev–Trinajstić information content (AvgIpc) is 2.98. The zero-order valence-electron chi connectivity index (χ0n) is 14.0. The van der Waals surface area contributed by atoms with Crippen LogP contribution in [0.2, 0.25) is 5.02 Å². The van der Waals surface area contributed by atoms with Gasteiger partial charge in [-0.2, -0.15) is 0 Å². The quantitative estimate of drug-likeness (QED) is 0.412. The fourth-order valence-electron chi connectivity index (χ4n) is 2.87. The van der Waals surface area contributed by atoms with Gasteiger partial charge in [-0.3, -0.25) is 9.69 Å². The first-order chi connectivity index (χ1) is 11.9. The largest absolute Gasteiger partial charge is 0.318 e. The summed E-state index contributed by atoms with van der Waals surface area (Å²) >= 11 is 12.7. The van der Waals surface area contributed by atoms with E-state index in [9.17, 15) is 4.79 Å². The molecule has 0 saturated carbocycles. The molecule has 128 valence electrons. The number of carbonyl (C=O) groups is 1. The van der Waals surface area contributed by atoms with Crippen molar-refractivity contribution in [2.24, 2.45) is 0 Å². The third-order valence-corrected chi connectivity index (χ3v) is 5.62. The van der Waals surface area contributed by atoms with E-state index in [1.54, 1.807) is 11.0 Å². The first-order valence-electron chi connectivity index (χ1n) is 7.73. The van der Waals surface area contributed by atoms with Crippen LogP contribution in [-0.2, 0) is 4.79 Å². The molecule has 0 N–H and O–H groups in total. The predicted octanol–water partition coefficient (Wildman–Crippen LogP) is 5.13. The highest BCUT2D eigenvalue weighted by atomic mass is 35.5. The Morgan fingerprint density at radius 1 is 1.32 bits per heavy atom. The summed E-state index contributed by atoms with van der Waals surface area (Å²) in [6.45, 7) is 8.18. The minimum absolute atomic E-state index is 0.0672. The van der Waals surface area contributed by atoms with Crippen LogP contribution >= 0.6 is 35.6 Å². The maximum absolute atomic E-state index is 12.5. The van der Waals surface area contributed by atoms with E-state index in [4.69, 9.17) is 23.8 Å². The number of amides is 1. The monoisotopic (exact) mass is 388 g/mol. The fourth-order valence-corrected chi connectivity index (χ4v) is 4.32.